The quantitative estimate of drug-likeness (QED) is 0.145. The van der Waals surface area contributed by atoms with Crippen molar-refractivity contribution in [1.29, 1.82) is 5.26 Å². The second-order valence-corrected chi connectivity index (χ2v) is 23.4. The molecule has 0 saturated heterocycles. The largest absolute Gasteiger partial charge is 0.314 e. The van der Waals surface area contributed by atoms with Crippen molar-refractivity contribution in [3.63, 3.8) is 0 Å². The summed E-state index contributed by atoms with van der Waals surface area (Å²) in [5.41, 5.74) is 23.2. The number of para-hydroxylation sites is 3. The highest BCUT2D eigenvalue weighted by Crippen LogP contribution is 2.53. The van der Waals surface area contributed by atoms with Gasteiger partial charge in [-0.25, -0.2) is 0 Å². The second kappa shape index (κ2) is 21.0. The standard InChI is InChI=1S/C82H61N5/c1-4-63-79(85-73-37-20-17-34-65(73)69-48-59(40-45-76(69)85)55-26-9-5-10-27-55)72(52-83)81(87-75-39-22-19-36-67(75)71-50-61(42-47-78(71)87)57-30-13-7-14-31-57)82(84-54(3)25-23-24-53(2)68-51-62(84)43-44-64(68)58-32-15-8-16-33-58)80(63)86-74-38-21-18-35-66(74)70-49-60(41-46-77(70)86)56-28-11-6-12-29-56/h5-50,53,68H,4,51H2,1-3H3/b24-23-,54-25+/t53-,68?/m1/s1. The van der Waals surface area contributed by atoms with E-state index in [4.69, 9.17) is 0 Å². The maximum Gasteiger partial charge on any atom is 0.104 e. The number of allylic oxidation sites excluding steroid dienone is 8. The molecule has 4 heterocycles. The molecular formula is C82H61N5. The van der Waals surface area contributed by atoms with Gasteiger partial charge in [0.15, 0.2) is 0 Å². The second-order valence-electron chi connectivity index (χ2n) is 23.4. The van der Waals surface area contributed by atoms with Gasteiger partial charge in [0.25, 0.3) is 0 Å². The molecule has 0 saturated carbocycles. The average molecular weight is 1120 g/mol. The summed E-state index contributed by atoms with van der Waals surface area (Å²) >= 11 is 0. The van der Waals surface area contributed by atoms with E-state index in [0.29, 0.717) is 12.0 Å². The van der Waals surface area contributed by atoms with Crippen molar-refractivity contribution in [1.82, 2.24) is 13.7 Å². The zero-order chi connectivity index (χ0) is 58.3. The van der Waals surface area contributed by atoms with E-state index in [1.165, 1.54) is 16.7 Å². The van der Waals surface area contributed by atoms with Crippen molar-refractivity contribution < 1.29 is 0 Å². The van der Waals surface area contributed by atoms with Crippen LogP contribution >= 0.6 is 0 Å². The highest BCUT2D eigenvalue weighted by atomic mass is 15.2. The highest BCUT2D eigenvalue weighted by molar-refractivity contribution is 6.16. The molecular weight excluding hydrogens is 1050 g/mol. The summed E-state index contributed by atoms with van der Waals surface area (Å²) < 4.78 is 7.45. The summed E-state index contributed by atoms with van der Waals surface area (Å²) in [7, 11) is 0. The lowest BCUT2D eigenvalue weighted by Gasteiger charge is -2.38. The number of benzene rings is 11. The Bertz CT molecular complexity index is 5250. The van der Waals surface area contributed by atoms with Crippen molar-refractivity contribution in [2.45, 2.75) is 33.6 Å². The van der Waals surface area contributed by atoms with Gasteiger partial charge in [0.05, 0.1) is 55.8 Å². The molecule has 11 aromatic carbocycles. The lowest BCUT2D eigenvalue weighted by Crippen LogP contribution is -2.29. The van der Waals surface area contributed by atoms with E-state index in [0.717, 1.165) is 139 Å². The topological polar surface area (TPSA) is 41.8 Å². The Morgan fingerprint density at radius 3 is 1.25 bits per heavy atom. The van der Waals surface area contributed by atoms with Crippen LogP contribution in [0, 0.1) is 23.2 Å². The molecule has 2 aliphatic rings. The molecule has 16 rings (SSSR count). The first kappa shape index (κ1) is 51.7. The van der Waals surface area contributed by atoms with Crippen molar-refractivity contribution in [2.24, 2.45) is 11.8 Å². The van der Waals surface area contributed by atoms with Crippen molar-refractivity contribution in [3.8, 4) is 56.5 Å². The van der Waals surface area contributed by atoms with E-state index in [-0.39, 0.29) is 11.8 Å². The minimum Gasteiger partial charge on any atom is -0.314 e. The third-order valence-corrected chi connectivity index (χ3v) is 18.6. The molecule has 0 spiro atoms. The predicted molar refractivity (Wildman–Crippen MR) is 365 cm³/mol. The first-order chi connectivity index (χ1) is 42.9. The molecule has 5 nitrogen and oxygen atoms in total. The number of hydrogen-bond acceptors (Lipinski definition) is 2. The predicted octanol–water partition coefficient (Wildman–Crippen LogP) is 21.3. The normalized spacial score (nSPS) is 16.2. The van der Waals surface area contributed by atoms with E-state index in [9.17, 15) is 5.26 Å². The number of anilines is 1. The number of nitriles is 1. The number of aromatic nitrogens is 3. The zero-order valence-electron chi connectivity index (χ0n) is 48.9. The molecule has 0 N–H and O–H groups in total. The maximum atomic E-state index is 12.9. The molecule has 87 heavy (non-hydrogen) atoms. The van der Waals surface area contributed by atoms with Gasteiger partial charge in [-0.3, -0.25) is 0 Å². The fourth-order valence-electron chi connectivity index (χ4n) is 14.6. The van der Waals surface area contributed by atoms with Gasteiger partial charge in [-0.05, 0) is 143 Å². The molecule has 0 fully saturated rings. The SMILES string of the molecule is CCc1c(-n2c3ccccc3c3cc(-c4ccccc4)ccc32)c(C#N)c(-n2c3ccccc3c3cc(-c4ccccc4)ccc32)c(N2C3=CC=C(c4ccccc4)C(C3)[C@H](C)/C=C\C=C\2C)c1-n1c2ccccc2c2cc(-c3ccccc3)ccc21. The van der Waals surface area contributed by atoms with Crippen LogP contribution in [0.4, 0.5) is 5.69 Å². The minimum absolute atomic E-state index is 0.158. The highest BCUT2D eigenvalue weighted by Gasteiger charge is 2.37. The monoisotopic (exact) mass is 1120 g/mol. The third kappa shape index (κ3) is 8.28. The van der Waals surface area contributed by atoms with Crippen LogP contribution in [0.15, 0.2) is 290 Å². The Morgan fingerprint density at radius 2 is 0.805 bits per heavy atom. The van der Waals surface area contributed by atoms with Gasteiger partial charge in [0, 0.05) is 49.3 Å². The molecule has 3 aromatic heterocycles. The summed E-state index contributed by atoms with van der Waals surface area (Å²) in [5, 5.41) is 19.7. The van der Waals surface area contributed by atoms with Crippen LogP contribution in [0.5, 0.6) is 0 Å². The molecule has 1 aliphatic carbocycles. The lowest BCUT2D eigenvalue weighted by atomic mass is 9.77. The van der Waals surface area contributed by atoms with E-state index in [1.807, 2.05) is 0 Å². The number of rotatable bonds is 9. The van der Waals surface area contributed by atoms with Crippen molar-refractivity contribution in [2.75, 3.05) is 4.90 Å². The van der Waals surface area contributed by atoms with Gasteiger partial charge in [-0.1, -0.05) is 226 Å². The van der Waals surface area contributed by atoms with Crippen LogP contribution in [-0.2, 0) is 6.42 Å². The molecule has 1 unspecified atom stereocenters. The molecule has 0 amide bonds. The Kier molecular flexibility index (Phi) is 12.5. The molecule has 414 valence electrons. The summed E-state index contributed by atoms with van der Waals surface area (Å²) in [6.45, 7) is 6.92. The number of hydrogen-bond donors (Lipinski definition) is 0. The van der Waals surface area contributed by atoms with Gasteiger partial charge < -0.3 is 18.6 Å². The van der Waals surface area contributed by atoms with E-state index in [2.05, 4.69) is 325 Å². The summed E-state index contributed by atoms with van der Waals surface area (Å²) in [4.78, 5) is 2.55. The van der Waals surface area contributed by atoms with Crippen molar-refractivity contribution in [3.05, 3.63) is 307 Å². The van der Waals surface area contributed by atoms with Crippen LogP contribution in [0.25, 0.3) is 121 Å². The Hall–Kier alpha value is -10.9. The smallest absolute Gasteiger partial charge is 0.104 e. The summed E-state index contributed by atoms with van der Waals surface area (Å²) in [6.07, 6.45) is 13.1. The van der Waals surface area contributed by atoms with Gasteiger partial charge in [0.2, 0.25) is 0 Å². The Labute approximate surface area is 506 Å². The fourth-order valence-corrected chi connectivity index (χ4v) is 14.6. The first-order valence-corrected chi connectivity index (χ1v) is 30.5. The maximum absolute atomic E-state index is 12.9. The van der Waals surface area contributed by atoms with E-state index in [1.54, 1.807) is 0 Å². The van der Waals surface area contributed by atoms with Gasteiger partial charge in [-0.15, -0.1) is 0 Å². The molecule has 0 radical (unpaired) electrons. The van der Waals surface area contributed by atoms with Crippen LogP contribution < -0.4 is 4.90 Å². The molecule has 5 heteroatoms. The lowest BCUT2D eigenvalue weighted by molar-refractivity contribution is 0.515. The van der Waals surface area contributed by atoms with Gasteiger partial charge in [-0.2, -0.15) is 5.26 Å². The van der Waals surface area contributed by atoms with E-state index < -0.39 is 0 Å². The first-order valence-electron chi connectivity index (χ1n) is 30.5. The fraction of sp³-hybridized carbons (Fsp3) is 0.0854. The van der Waals surface area contributed by atoms with Crippen LogP contribution in [0.3, 0.4) is 0 Å². The molecule has 1 aliphatic heterocycles. The van der Waals surface area contributed by atoms with E-state index >= 15 is 0 Å². The Morgan fingerprint density at radius 1 is 0.402 bits per heavy atom. The van der Waals surface area contributed by atoms with Crippen LogP contribution in [0.1, 0.15) is 43.9 Å². The Balaban J connectivity index is 1.13. The average Bonchev–Trinajstić information content (AvgIpc) is 1.67. The zero-order valence-corrected chi connectivity index (χ0v) is 48.9. The molecule has 14 aromatic rings. The molecule has 2 bridgehead atoms. The molecule has 2 atom stereocenters. The van der Waals surface area contributed by atoms with Gasteiger partial charge in [0.1, 0.15) is 11.6 Å². The van der Waals surface area contributed by atoms with Gasteiger partial charge >= 0.3 is 0 Å². The van der Waals surface area contributed by atoms with Crippen LogP contribution in [0.2, 0.25) is 0 Å². The number of nitrogens with zero attached hydrogens (tertiary/aromatic N) is 5. The third-order valence-electron chi connectivity index (χ3n) is 18.6. The summed E-state index contributed by atoms with van der Waals surface area (Å²) in [5.74, 6) is 0.377. The van der Waals surface area contributed by atoms with Crippen LogP contribution in [-0.4, -0.2) is 13.7 Å². The van der Waals surface area contributed by atoms with Crippen molar-refractivity contribution >= 4 is 76.7 Å². The minimum atomic E-state index is 0.158. The summed E-state index contributed by atoms with van der Waals surface area (Å²) in [6, 6.07) is 93.5. The number of fused-ring (bicyclic) bond motifs is 11.